The predicted octanol–water partition coefficient (Wildman–Crippen LogP) is 5.72. The molecule has 0 saturated carbocycles. The van der Waals surface area contributed by atoms with E-state index in [1.54, 1.807) is 19.1 Å². The van der Waals surface area contributed by atoms with Crippen LogP contribution in [0.4, 0.5) is 5.00 Å². The summed E-state index contributed by atoms with van der Waals surface area (Å²) in [6.45, 7) is 4.54. The Labute approximate surface area is 186 Å². The van der Waals surface area contributed by atoms with Gasteiger partial charge in [-0.3, -0.25) is 4.79 Å². The third kappa shape index (κ3) is 6.55. The van der Waals surface area contributed by atoms with Gasteiger partial charge in [-0.25, -0.2) is 4.79 Å². The van der Waals surface area contributed by atoms with Gasteiger partial charge in [0.1, 0.15) is 17.4 Å². The first-order valence-electron chi connectivity index (χ1n) is 10.1. The summed E-state index contributed by atoms with van der Waals surface area (Å²) in [5, 5.41) is 3.30. The number of thiophene rings is 1. The highest BCUT2D eigenvalue weighted by atomic mass is 32.1. The van der Waals surface area contributed by atoms with E-state index in [1.807, 2.05) is 61.5 Å². The van der Waals surface area contributed by atoms with Crippen LogP contribution in [0.1, 0.15) is 40.2 Å². The smallest absolute Gasteiger partial charge is 0.341 e. The van der Waals surface area contributed by atoms with Crippen molar-refractivity contribution in [2.24, 2.45) is 0 Å². The molecule has 0 unspecified atom stereocenters. The summed E-state index contributed by atoms with van der Waals surface area (Å²) in [5.74, 6) is 0.0264. The number of aryl methyl sites for hydroxylation is 1. The molecule has 3 aromatic rings. The molecule has 160 valence electrons. The molecule has 1 aromatic heterocycles. The van der Waals surface area contributed by atoms with Crippen molar-refractivity contribution < 1.29 is 19.1 Å². The second kappa shape index (κ2) is 11.1. The average Bonchev–Trinajstić information content (AvgIpc) is 3.21. The molecule has 31 heavy (non-hydrogen) atoms. The fourth-order valence-corrected chi connectivity index (χ4v) is 3.80. The summed E-state index contributed by atoms with van der Waals surface area (Å²) in [6, 6.07) is 19.2. The molecule has 1 heterocycles. The first kappa shape index (κ1) is 22.3. The second-order valence-electron chi connectivity index (χ2n) is 6.70. The molecule has 0 aliphatic rings. The van der Waals surface area contributed by atoms with Crippen LogP contribution in [0.3, 0.4) is 0 Å². The first-order chi connectivity index (χ1) is 15.1. The maximum atomic E-state index is 12.4. The lowest BCUT2D eigenvalue weighted by Gasteiger charge is -2.06. The highest BCUT2D eigenvalue weighted by Crippen LogP contribution is 2.29. The minimum atomic E-state index is -0.427. The average molecular weight is 436 g/mol. The third-order valence-electron chi connectivity index (χ3n) is 4.42. The Morgan fingerprint density at radius 1 is 1.03 bits per heavy atom. The molecule has 0 fully saturated rings. The highest BCUT2D eigenvalue weighted by molar-refractivity contribution is 7.16. The van der Waals surface area contributed by atoms with Gasteiger partial charge >= 0.3 is 5.97 Å². The van der Waals surface area contributed by atoms with E-state index >= 15 is 0 Å². The van der Waals surface area contributed by atoms with Gasteiger partial charge in [-0.1, -0.05) is 49.4 Å². The van der Waals surface area contributed by atoms with Crippen molar-refractivity contribution in [2.75, 3.05) is 11.9 Å². The Balaban J connectivity index is 1.58. The molecule has 2 aromatic carbocycles. The van der Waals surface area contributed by atoms with Crippen molar-refractivity contribution in [3.05, 3.63) is 88.3 Å². The van der Waals surface area contributed by atoms with Crippen LogP contribution in [0.25, 0.3) is 6.08 Å². The van der Waals surface area contributed by atoms with E-state index in [9.17, 15) is 9.59 Å². The number of nitrogens with one attached hydrogen (secondary N) is 1. The van der Waals surface area contributed by atoms with Crippen LogP contribution in [-0.2, 0) is 22.6 Å². The normalized spacial score (nSPS) is 10.8. The standard InChI is InChI=1S/C25H25NO4S/c1-3-21-16-22(25(28)29-4-2)24(31-21)26-23(27)15-12-18-10-13-20(14-11-18)30-17-19-8-6-5-7-9-19/h5-16H,3-4,17H2,1-2H3,(H,26,27). The lowest BCUT2D eigenvalue weighted by atomic mass is 10.2. The summed E-state index contributed by atoms with van der Waals surface area (Å²) in [4.78, 5) is 25.5. The molecule has 0 spiro atoms. The van der Waals surface area contributed by atoms with Crippen molar-refractivity contribution in [3.8, 4) is 5.75 Å². The number of carbonyl (C=O) groups is 2. The Kier molecular flexibility index (Phi) is 8.01. The molecule has 0 aliphatic heterocycles. The molecule has 0 aliphatic carbocycles. The third-order valence-corrected chi connectivity index (χ3v) is 5.61. The molecule has 0 saturated heterocycles. The number of hydrogen-bond acceptors (Lipinski definition) is 5. The van der Waals surface area contributed by atoms with Gasteiger partial charge < -0.3 is 14.8 Å². The van der Waals surface area contributed by atoms with Gasteiger partial charge in [-0.15, -0.1) is 11.3 Å². The minimum absolute atomic E-state index is 0.286. The number of esters is 1. The van der Waals surface area contributed by atoms with Gasteiger partial charge in [-0.2, -0.15) is 0 Å². The minimum Gasteiger partial charge on any atom is -0.489 e. The molecule has 6 heteroatoms. The first-order valence-corrected chi connectivity index (χ1v) is 11.0. The summed E-state index contributed by atoms with van der Waals surface area (Å²) >= 11 is 1.39. The van der Waals surface area contributed by atoms with Crippen LogP contribution in [0.2, 0.25) is 0 Å². The van der Waals surface area contributed by atoms with Crippen molar-refractivity contribution in [1.82, 2.24) is 0 Å². The van der Waals surface area contributed by atoms with Crippen molar-refractivity contribution in [1.29, 1.82) is 0 Å². The van der Waals surface area contributed by atoms with Gasteiger partial charge in [0.2, 0.25) is 5.91 Å². The lowest BCUT2D eigenvalue weighted by Crippen LogP contribution is -2.11. The topological polar surface area (TPSA) is 64.6 Å². The van der Waals surface area contributed by atoms with Gasteiger partial charge in [0.15, 0.2) is 0 Å². The van der Waals surface area contributed by atoms with Gasteiger partial charge in [-0.05, 0) is 48.7 Å². The SMILES string of the molecule is CCOC(=O)c1cc(CC)sc1NC(=O)C=Cc1ccc(OCc2ccccc2)cc1. The number of hydrogen-bond donors (Lipinski definition) is 1. The van der Waals surface area contributed by atoms with E-state index in [0.717, 1.165) is 28.2 Å². The molecule has 1 amide bonds. The van der Waals surface area contributed by atoms with Gasteiger partial charge in [0.25, 0.3) is 0 Å². The van der Waals surface area contributed by atoms with Crippen LogP contribution in [0.5, 0.6) is 5.75 Å². The molecule has 1 N–H and O–H groups in total. The number of amides is 1. The molecular weight excluding hydrogens is 410 g/mol. The Morgan fingerprint density at radius 2 is 1.77 bits per heavy atom. The fraction of sp³-hybridized carbons (Fsp3) is 0.200. The number of anilines is 1. The summed E-state index contributed by atoms with van der Waals surface area (Å²) in [6.07, 6.45) is 3.94. The molecular formula is C25H25NO4S. The van der Waals surface area contributed by atoms with Crippen molar-refractivity contribution in [2.45, 2.75) is 26.9 Å². The van der Waals surface area contributed by atoms with Crippen LogP contribution >= 0.6 is 11.3 Å². The molecule has 0 atom stereocenters. The summed E-state index contributed by atoms with van der Waals surface area (Å²) < 4.78 is 10.9. The molecule has 5 nitrogen and oxygen atoms in total. The quantitative estimate of drug-likeness (QED) is 0.345. The fourth-order valence-electron chi connectivity index (χ4n) is 2.81. The zero-order valence-electron chi connectivity index (χ0n) is 17.6. The van der Waals surface area contributed by atoms with Crippen LogP contribution < -0.4 is 10.1 Å². The molecule has 3 rings (SSSR count). The van der Waals surface area contributed by atoms with E-state index in [-0.39, 0.29) is 12.5 Å². The maximum Gasteiger partial charge on any atom is 0.341 e. The van der Waals surface area contributed by atoms with Crippen LogP contribution in [0, 0.1) is 0 Å². The van der Waals surface area contributed by atoms with E-state index in [1.165, 1.54) is 17.4 Å². The molecule has 0 radical (unpaired) electrons. The largest absolute Gasteiger partial charge is 0.489 e. The number of ether oxygens (including phenoxy) is 2. The molecule has 0 bridgehead atoms. The maximum absolute atomic E-state index is 12.4. The second-order valence-corrected chi connectivity index (χ2v) is 7.83. The van der Waals surface area contributed by atoms with Crippen molar-refractivity contribution in [3.63, 3.8) is 0 Å². The number of benzene rings is 2. The Hall–Kier alpha value is -3.38. The number of carbonyl (C=O) groups excluding carboxylic acids is 2. The van der Waals surface area contributed by atoms with E-state index in [4.69, 9.17) is 9.47 Å². The van der Waals surface area contributed by atoms with E-state index in [0.29, 0.717) is 17.2 Å². The van der Waals surface area contributed by atoms with Crippen molar-refractivity contribution >= 4 is 34.3 Å². The van der Waals surface area contributed by atoms with Crippen LogP contribution in [0.15, 0.2) is 66.7 Å². The monoisotopic (exact) mass is 435 g/mol. The van der Waals surface area contributed by atoms with Gasteiger partial charge in [0, 0.05) is 11.0 Å². The summed E-state index contributed by atoms with van der Waals surface area (Å²) in [5.41, 5.74) is 2.36. The zero-order valence-corrected chi connectivity index (χ0v) is 18.4. The Bertz CT molecular complexity index is 1040. The van der Waals surface area contributed by atoms with Crippen LogP contribution in [-0.4, -0.2) is 18.5 Å². The predicted molar refractivity (Wildman–Crippen MR) is 125 cm³/mol. The summed E-state index contributed by atoms with van der Waals surface area (Å²) in [7, 11) is 0. The lowest BCUT2D eigenvalue weighted by molar-refractivity contribution is -0.111. The highest BCUT2D eigenvalue weighted by Gasteiger charge is 2.17. The number of rotatable bonds is 9. The van der Waals surface area contributed by atoms with E-state index in [2.05, 4.69) is 5.32 Å². The zero-order chi connectivity index (χ0) is 22.1. The van der Waals surface area contributed by atoms with E-state index < -0.39 is 5.97 Å². The van der Waals surface area contributed by atoms with Gasteiger partial charge in [0.05, 0.1) is 12.2 Å². The Morgan fingerprint density at radius 3 is 2.45 bits per heavy atom.